The Bertz CT molecular complexity index is 424. The van der Waals surface area contributed by atoms with Crippen LogP contribution >= 0.6 is 0 Å². The SMILES string of the molecule is CC(C)CC(NC(=O)C(CCC(=O)O)NC(=O)CN)C(=O)O. The van der Waals surface area contributed by atoms with E-state index in [-0.39, 0.29) is 31.7 Å². The molecule has 0 aliphatic carbocycles. The molecule has 9 nitrogen and oxygen atoms in total. The van der Waals surface area contributed by atoms with Crippen molar-refractivity contribution in [2.75, 3.05) is 6.54 Å². The molecule has 0 saturated heterocycles. The monoisotopic (exact) mass is 317 g/mol. The van der Waals surface area contributed by atoms with E-state index in [0.717, 1.165) is 0 Å². The first-order valence-corrected chi connectivity index (χ1v) is 6.91. The lowest BCUT2D eigenvalue weighted by Gasteiger charge is -2.21. The van der Waals surface area contributed by atoms with Crippen molar-refractivity contribution in [3.63, 3.8) is 0 Å². The maximum Gasteiger partial charge on any atom is 0.326 e. The number of nitrogens with one attached hydrogen (secondary N) is 2. The maximum atomic E-state index is 12.1. The molecule has 2 amide bonds. The number of hydrogen-bond donors (Lipinski definition) is 5. The minimum Gasteiger partial charge on any atom is -0.481 e. The molecule has 0 aliphatic rings. The van der Waals surface area contributed by atoms with Gasteiger partial charge in [0.2, 0.25) is 11.8 Å². The zero-order valence-corrected chi connectivity index (χ0v) is 12.7. The Balaban J connectivity index is 4.86. The summed E-state index contributed by atoms with van der Waals surface area (Å²) in [4.78, 5) is 45.1. The Morgan fingerprint density at radius 1 is 1.05 bits per heavy atom. The Morgan fingerprint density at radius 3 is 2.05 bits per heavy atom. The zero-order chi connectivity index (χ0) is 17.3. The van der Waals surface area contributed by atoms with Crippen molar-refractivity contribution in [2.24, 2.45) is 11.7 Å². The fourth-order valence-electron chi connectivity index (χ4n) is 1.76. The van der Waals surface area contributed by atoms with Crippen molar-refractivity contribution in [1.82, 2.24) is 10.6 Å². The van der Waals surface area contributed by atoms with Gasteiger partial charge in [-0.25, -0.2) is 4.79 Å². The molecule has 0 fully saturated rings. The van der Waals surface area contributed by atoms with Gasteiger partial charge in [0.15, 0.2) is 0 Å². The van der Waals surface area contributed by atoms with E-state index in [4.69, 9.17) is 15.9 Å². The summed E-state index contributed by atoms with van der Waals surface area (Å²) in [7, 11) is 0. The van der Waals surface area contributed by atoms with E-state index < -0.39 is 35.8 Å². The highest BCUT2D eigenvalue weighted by molar-refractivity contribution is 5.91. The minimum atomic E-state index is -1.19. The number of carbonyl (C=O) groups is 4. The number of aliphatic carboxylic acids is 2. The molecule has 0 saturated carbocycles. The van der Waals surface area contributed by atoms with E-state index in [2.05, 4.69) is 10.6 Å². The predicted molar refractivity (Wildman–Crippen MR) is 76.9 cm³/mol. The Kier molecular flexibility index (Phi) is 8.76. The summed E-state index contributed by atoms with van der Waals surface area (Å²) in [5, 5.41) is 22.3. The molecule has 6 N–H and O–H groups in total. The molecule has 2 unspecified atom stereocenters. The second-order valence-corrected chi connectivity index (χ2v) is 5.29. The molecule has 0 aliphatic heterocycles. The van der Waals surface area contributed by atoms with Gasteiger partial charge in [0.25, 0.3) is 0 Å². The summed E-state index contributed by atoms with van der Waals surface area (Å²) < 4.78 is 0. The first-order chi connectivity index (χ1) is 10.2. The molecular weight excluding hydrogens is 294 g/mol. The minimum absolute atomic E-state index is 0.0394. The highest BCUT2D eigenvalue weighted by Crippen LogP contribution is 2.06. The Labute approximate surface area is 128 Å². The summed E-state index contributed by atoms with van der Waals surface area (Å²) >= 11 is 0. The van der Waals surface area contributed by atoms with Gasteiger partial charge in [-0.3, -0.25) is 14.4 Å². The van der Waals surface area contributed by atoms with Gasteiger partial charge in [-0.2, -0.15) is 0 Å². The van der Waals surface area contributed by atoms with E-state index in [0.29, 0.717) is 0 Å². The molecular formula is C13H23N3O6. The standard InChI is InChI=1S/C13H23N3O6/c1-7(2)5-9(13(21)22)16-12(20)8(3-4-11(18)19)15-10(17)6-14/h7-9H,3-6,14H2,1-2H3,(H,15,17)(H,16,20)(H,18,19)(H,21,22). The zero-order valence-electron chi connectivity index (χ0n) is 12.7. The van der Waals surface area contributed by atoms with E-state index in [1.807, 2.05) is 0 Å². The summed E-state index contributed by atoms with van der Waals surface area (Å²) in [5.74, 6) is -3.64. The van der Waals surface area contributed by atoms with Gasteiger partial charge in [-0.15, -0.1) is 0 Å². The Hall–Kier alpha value is -2.16. The van der Waals surface area contributed by atoms with Crippen LogP contribution in [0.2, 0.25) is 0 Å². The number of hydrogen-bond acceptors (Lipinski definition) is 5. The van der Waals surface area contributed by atoms with Crippen molar-refractivity contribution in [3.8, 4) is 0 Å². The van der Waals surface area contributed by atoms with Crippen LogP contribution in [-0.4, -0.2) is 52.6 Å². The molecule has 0 bridgehead atoms. The molecule has 0 heterocycles. The lowest BCUT2D eigenvalue weighted by atomic mass is 10.0. The van der Waals surface area contributed by atoms with E-state index in [1.54, 1.807) is 13.8 Å². The molecule has 0 radical (unpaired) electrons. The first kappa shape index (κ1) is 19.8. The largest absolute Gasteiger partial charge is 0.481 e. The molecule has 126 valence electrons. The smallest absolute Gasteiger partial charge is 0.326 e. The van der Waals surface area contributed by atoms with Crippen LogP contribution in [0.5, 0.6) is 0 Å². The highest BCUT2D eigenvalue weighted by Gasteiger charge is 2.27. The second kappa shape index (κ2) is 9.72. The van der Waals surface area contributed by atoms with E-state index >= 15 is 0 Å². The Morgan fingerprint density at radius 2 is 1.64 bits per heavy atom. The van der Waals surface area contributed by atoms with Crippen LogP contribution < -0.4 is 16.4 Å². The number of carbonyl (C=O) groups excluding carboxylic acids is 2. The molecule has 2 atom stereocenters. The van der Waals surface area contributed by atoms with Crippen molar-refractivity contribution in [3.05, 3.63) is 0 Å². The lowest BCUT2D eigenvalue weighted by molar-refractivity contribution is -0.143. The molecule has 0 aromatic rings. The first-order valence-electron chi connectivity index (χ1n) is 6.91. The van der Waals surface area contributed by atoms with Crippen molar-refractivity contribution < 1.29 is 29.4 Å². The number of nitrogens with two attached hydrogens (primary N) is 1. The van der Waals surface area contributed by atoms with Gasteiger partial charge < -0.3 is 26.6 Å². The van der Waals surface area contributed by atoms with Crippen LogP contribution in [-0.2, 0) is 19.2 Å². The van der Waals surface area contributed by atoms with E-state index in [1.165, 1.54) is 0 Å². The van der Waals surface area contributed by atoms with Gasteiger partial charge in [0, 0.05) is 6.42 Å². The van der Waals surface area contributed by atoms with Gasteiger partial charge in [-0.05, 0) is 18.8 Å². The number of rotatable bonds is 10. The molecule has 0 rings (SSSR count). The van der Waals surface area contributed by atoms with Gasteiger partial charge >= 0.3 is 11.9 Å². The van der Waals surface area contributed by atoms with Crippen LogP contribution in [0.3, 0.4) is 0 Å². The average molecular weight is 317 g/mol. The third-order valence-corrected chi connectivity index (χ3v) is 2.81. The van der Waals surface area contributed by atoms with Crippen LogP contribution in [0.15, 0.2) is 0 Å². The molecule has 0 spiro atoms. The summed E-state index contributed by atoms with van der Waals surface area (Å²) in [5.41, 5.74) is 5.14. The molecule has 0 aromatic carbocycles. The van der Waals surface area contributed by atoms with Crippen LogP contribution in [0.1, 0.15) is 33.1 Å². The third kappa shape index (κ3) is 8.20. The van der Waals surface area contributed by atoms with Gasteiger partial charge in [0.05, 0.1) is 6.54 Å². The molecule has 9 heteroatoms. The van der Waals surface area contributed by atoms with Crippen LogP contribution in [0, 0.1) is 5.92 Å². The van der Waals surface area contributed by atoms with Gasteiger partial charge in [0.1, 0.15) is 12.1 Å². The van der Waals surface area contributed by atoms with E-state index in [9.17, 15) is 19.2 Å². The third-order valence-electron chi connectivity index (χ3n) is 2.81. The maximum absolute atomic E-state index is 12.1. The van der Waals surface area contributed by atoms with Gasteiger partial charge in [-0.1, -0.05) is 13.8 Å². The normalized spacial score (nSPS) is 13.3. The molecule has 0 aromatic heterocycles. The average Bonchev–Trinajstić information content (AvgIpc) is 2.41. The van der Waals surface area contributed by atoms with Crippen LogP contribution in [0.25, 0.3) is 0 Å². The topological polar surface area (TPSA) is 159 Å². The second-order valence-electron chi connectivity index (χ2n) is 5.29. The number of amides is 2. The van der Waals surface area contributed by atoms with Crippen molar-refractivity contribution >= 4 is 23.8 Å². The predicted octanol–water partition coefficient (Wildman–Crippen LogP) is -1.09. The van der Waals surface area contributed by atoms with Crippen LogP contribution in [0.4, 0.5) is 0 Å². The quantitative estimate of drug-likeness (QED) is 0.342. The molecule has 22 heavy (non-hydrogen) atoms. The highest BCUT2D eigenvalue weighted by atomic mass is 16.4. The fourth-order valence-corrected chi connectivity index (χ4v) is 1.76. The van der Waals surface area contributed by atoms with Crippen molar-refractivity contribution in [1.29, 1.82) is 0 Å². The summed E-state index contributed by atoms with van der Waals surface area (Å²) in [6, 6.07) is -2.24. The lowest BCUT2D eigenvalue weighted by Crippen LogP contribution is -2.52. The summed E-state index contributed by atoms with van der Waals surface area (Å²) in [6.07, 6.45) is -0.274. The van der Waals surface area contributed by atoms with Crippen molar-refractivity contribution in [2.45, 2.75) is 45.2 Å². The number of carboxylic acid groups (broad SMARTS) is 2. The fraction of sp³-hybridized carbons (Fsp3) is 0.692. The number of carboxylic acids is 2. The summed E-state index contributed by atoms with van der Waals surface area (Å²) in [6.45, 7) is 3.26.